The van der Waals surface area contributed by atoms with Crippen LogP contribution in [0, 0.1) is 18.3 Å². The zero-order valence-electron chi connectivity index (χ0n) is 11.0. The number of Topliss-reactive ketones (excluding diaryl/α,β-unsaturated/α-hetero) is 1. The molecule has 1 heterocycles. The highest BCUT2D eigenvalue weighted by Crippen LogP contribution is 2.38. The van der Waals surface area contributed by atoms with Gasteiger partial charge < -0.3 is 4.57 Å². The third kappa shape index (κ3) is 1.94. The van der Waals surface area contributed by atoms with E-state index in [1.807, 2.05) is 0 Å². The van der Waals surface area contributed by atoms with Crippen LogP contribution in [-0.4, -0.2) is 10.4 Å². The first-order valence-electron chi connectivity index (χ1n) is 6.68. The molecule has 92 valence electrons. The molecule has 2 nitrogen and oxygen atoms in total. The van der Waals surface area contributed by atoms with Crippen LogP contribution in [-0.2, 0) is 13.0 Å². The van der Waals surface area contributed by atoms with E-state index in [4.69, 9.17) is 0 Å². The molecule has 3 rings (SSSR count). The number of hydrogen-bond acceptors (Lipinski definition) is 1. The lowest BCUT2D eigenvalue weighted by Crippen LogP contribution is -2.28. The monoisotopic (exact) mass is 231 g/mol. The van der Waals surface area contributed by atoms with Crippen LogP contribution in [0.25, 0.3) is 0 Å². The van der Waals surface area contributed by atoms with Gasteiger partial charge >= 0.3 is 0 Å². The molecular weight excluding hydrogens is 210 g/mol. The SMILES string of the molecule is Cc1cc2c(n1CC1CC1)CC(C)(C)CC2=O. The average molecular weight is 231 g/mol. The molecule has 0 aliphatic heterocycles. The summed E-state index contributed by atoms with van der Waals surface area (Å²) in [7, 11) is 0. The van der Waals surface area contributed by atoms with Crippen molar-refractivity contribution < 1.29 is 4.79 Å². The maximum absolute atomic E-state index is 12.2. The van der Waals surface area contributed by atoms with Gasteiger partial charge in [0.25, 0.3) is 0 Å². The molecule has 1 fully saturated rings. The number of ketones is 1. The summed E-state index contributed by atoms with van der Waals surface area (Å²) in [6.45, 7) is 7.68. The lowest BCUT2D eigenvalue weighted by atomic mass is 9.76. The van der Waals surface area contributed by atoms with E-state index in [1.54, 1.807) is 0 Å². The molecule has 0 saturated heterocycles. The third-order valence-electron chi connectivity index (χ3n) is 4.14. The Labute approximate surface area is 103 Å². The number of nitrogens with zero attached hydrogens (tertiary/aromatic N) is 1. The van der Waals surface area contributed by atoms with Crippen molar-refractivity contribution >= 4 is 5.78 Å². The maximum atomic E-state index is 12.2. The summed E-state index contributed by atoms with van der Waals surface area (Å²) in [5.41, 5.74) is 3.71. The van der Waals surface area contributed by atoms with Gasteiger partial charge in [0, 0.05) is 29.9 Å². The number of hydrogen-bond donors (Lipinski definition) is 0. The highest BCUT2D eigenvalue weighted by atomic mass is 16.1. The zero-order valence-corrected chi connectivity index (χ0v) is 11.0. The second-order valence-electron chi connectivity index (χ2n) is 6.64. The van der Waals surface area contributed by atoms with Crippen molar-refractivity contribution in [1.82, 2.24) is 4.57 Å². The van der Waals surface area contributed by atoms with Gasteiger partial charge in [-0.15, -0.1) is 0 Å². The van der Waals surface area contributed by atoms with Gasteiger partial charge in [0.05, 0.1) is 0 Å². The minimum Gasteiger partial charge on any atom is -0.348 e. The largest absolute Gasteiger partial charge is 0.348 e. The van der Waals surface area contributed by atoms with Crippen LogP contribution >= 0.6 is 0 Å². The van der Waals surface area contributed by atoms with Crippen molar-refractivity contribution in [2.45, 2.75) is 53.0 Å². The van der Waals surface area contributed by atoms with Crippen LogP contribution in [0.1, 0.15) is 54.9 Å². The first-order valence-corrected chi connectivity index (χ1v) is 6.68. The summed E-state index contributed by atoms with van der Waals surface area (Å²) >= 11 is 0. The molecule has 0 atom stereocenters. The van der Waals surface area contributed by atoms with E-state index in [-0.39, 0.29) is 5.41 Å². The second kappa shape index (κ2) is 3.47. The normalized spacial score (nSPS) is 22.6. The predicted octanol–water partition coefficient (Wildman–Crippen LogP) is 3.36. The van der Waals surface area contributed by atoms with E-state index in [0.717, 1.165) is 24.4 Å². The number of aryl methyl sites for hydroxylation is 1. The van der Waals surface area contributed by atoms with E-state index in [9.17, 15) is 4.79 Å². The quantitative estimate of drug-likeness (QED) is 0.765. The minimum atomic E-state index is 0.135. The minimum absolute atomic E-state index is 0.135. The Bertz CT molecular complexity index is 477. The Morgan fingerprint density at radius 1 is 1.35 bits per heavy atom. The van der Waals surface area contributed by atoms with Gasteiger partial charge in [0.2, 0.25) is 0 Å². The fraction of sp³-hybridized carbons (Fsp3) is 0.667. The van der Waals surface area contributed by atoms with Gasteiger partial charge in [0.15, 0.2) is 5.78 Å². The van der Waals surface area contributed by atoms with Crippen LogP contribution in [0.4, 0.5) is 0 Å². The summed E-state index contributed by atoms with van der Waals surface area (Å²) in [5, 5.41) is 0. The lowest BCUT2D eigenvalue weighted by Gasteiger charge is -2.30. The average Bonchev–Trinajstić information content (AvgIpc) is 2.95. The standard InChI is InChI=1S/C15H21NO/c1-10-6-12-13(16(10)9-11-4-5-11)7-15(2,3)8-14(12)17/h6,11H,4-5,7-9H2,1-3H3. The summed E-state index contributed by atoms with van der Waals surface area (Å²) in [5.74, 6) is 1.21. The summed E-state index contributed by atoms with van der Waals surface area (Å²) in [6, 6.07) is 2.11. The molecule has 2 aliphatic rings. The molecule has 2 aliphatic carbocycles. The molecule has 1 saturated carbocycles. The van der Waals surface area contributed by atoms with Gasteiger partial charge in [-0.25, -0.2) is 0 Å². The molecule has 17 heavy (non-hydrogen) atoms. The van der Waals surface area contributed by atoms with Crippen LogP contribution in [0.2, 0.25) is 0 Å². The summed E-state index contributed by atoms with van der Waals surface area (Å²) in [4.78, 5) is 12.2. The van der Waals surface area contributed by atoms with Crippen molar-refractivity contribution in [3.63, 3.8) is 0 Å². The molecule has 0 radical (unpaired) electrons. The van der Waals surface area contributed by atoms with Crippen molar-refractivity contribution in [2.24, 2.45) is 11.3 Å². The summed E-state index contributed by atoms with van der Waals surface area (Å²) < 4.78 is 2.41. The Balaban J connectivity index is 2.03. The maximum Gasteiger partial charge on any atom is 0.165 e. The molecule has 0 amide bonds. The van der Waals surface area contributed by atoms with Crippen molar-refractivity contribution in [3.8, 4) is 0 Å². The van der Waals surface area contributed by atoms with Gasteiger partial charge in [-0.2, -0.15) is 0 Å². The smallest absolute Gasteiger partial charge is 0.165 e. The first kappa shape index (κ1) is 11.1. The van der Waals surface area contributed by atoms with Gasteiger partial charge in [0.1, 0.15) is 0 Å². The van der Waals surface area contributed by atoms with Crippen LogP contribution in [0.5, 0.6) is 0 Å². The zero-order chi connectivity index (χ0) is 12.2. The fourth-order valence-corrected chi connectivity index (χ4v) is 3.02. The topological polar surface area (TPSA) is 22.0 Å². The number of rotatable bonds is 2. The molecule has 1 aromatic rings. The number of carbonyl (C=O) groups is 1. The first-order chi connectivity index (χ1) is 7.96. The highest BCUT2D eigenvalue weighted by molar-refractivity contribution is 5.99. The van der Waals surface area contributed by atoms with E-state index in [1.165, 1.54) is 24.2 Å². The lowest BCUT2D eigenvalue weighted by molar-refractivity contribution is 0.0910. The van der Waals surface area contributed by atoms with Gasteiger partial charge in [-0.1, -0.05) is 13.8 Å². The van der Waals surface area contributed by atoms with E-state index in [0.29, 0.717) is 12.2 Å². The molecule has 1 aromatic heterocycles. The molecule has 0 unspecified atom stereocenters. The van der Waals surface area contributed by atoms with Gasteiger partial charge in [-0.3, -0.25) is 4.79 Å². The molecular formula is C15H21NO. The molecule has 2 heteroatoms. The number of aromatic nitrogens is 1. The highest BCUT2D eigenvalue weighted by Gasteiger charge is 2.34. The van der Waals surface area contributed by atoms with Crippen LogP contribution in [0.3, 0.4) is 0 Å². The predicted molar refractivity (Wildman–Crippen MR) is 68.3 cm³/mol. The van der Waals surface area contributed by atoms with E-state index in [2.05, 4.69) is 31.4 Å². The van der Waals surface area contributed by atoms with Crippen LogP contribution < -0.4 is 0 Å². The molecule has 0 spiro atoms. The summed E-state index contributed by atoms with van der Waals surface area (Å²) in [6.07, 6.45) is 4.48. The van der Waals surface area contributed by atoms with Crippen molar-refractivity contribution in [2.75, 3.05) is 0 Å². The third-order valence-corrected chi connectivity index (χ3v) is 4.14. The number of carbonyl (C=O) groups excluding carboxylic acids is 1. The Hall–Kier alpha value is -1.05. The Kier molecular flexibility index (Phi) is 2.26. The van der Waals surface area contributed by atoms with Crippen molar-refractivity contribution in [1.29, 1.82) is 0 Å². The molecule has 0 bridgehead atoms. The second-order valence-corrected chi connectivity index (χ2v) is 6.64. The van der Waals surface area contributed by atoms with E-state index >= 15 is 0 Å². The Morgan fingerprint density at radius 2 is 2.06 bits per heavy atom. The molecule has 0 N–H and O–H groups in total. The van der Waals surface area contributed by atoms with E-state index < -0.39 is 0 Å². The van der Waals surface area contributed by atoms with Crippen LogP contribution in [0.15, 0.2) is 6.07 Å². The fourth-order valence-electron chi connectivity index (χ4n) is 3.02. The molecule has 0 aromatic carbocycles. The Morgan fingerprint density at radius 3 is 2.71 bits per heavy atom. The number of fused-ring (bicyclic) bond motifs is 1. The van der Waals surface area contributed by atoms with Crippen molar-refractivity contribution in [3.05, 3.63) is 23.0 Å². The van der Waals surface area contributed by atoms with Gasteiger partial charge in [-0.05, 0) is 43.6 Å².